The minimum atomic E-state index is -0.742. The van der Waals surface area contributed by atoms with Crippen molar-refractivity contribution in [3.8, 4) is 11.5 Å². The normalized spacial score (nSPS) is 10.9. The van der Waals surface area contributed by atoms with Crippen molar-refractivity contribution in [2.24, 2.45) is 5.73 Å². The standard InChI is InChI=1S/C19H15N3O5S/c1-25-12-7-10-14(8-13(12)26-2)28-19(21-10)22-18(24)16-15(17(20)23)9-5-3-4-6-11(9)27-16/h3-8H,1-2H3,(H2,20,23)(H,21,22,24). The van der Waals surface area contributed by atoms with E-state index in [0.717, 1.165) is 4.70 Å². The zero-order valence-electron chi connectivity index (χ0n) is 14.9. The summed E-state index contributed by atoms with van der Waals surface area (Å²) in [5.74, 6) is -0.406. The van der Waals surface area contributed by atoms with Gasteiger partial charge in [0.15, 0.2) is 16.6 Å². The number of primary amides is 1. The minimum absolute atomic E-state index is 0.0394. The van der Waals surface area contributed by atoms with Crippen LogP contribution in [0.4, 0.5) is 5.13 Å². The van der Waals surface area contributed by atoms with Crippen LogP contribution in [0.1, 0.15) is 20.9 Å². The highest BCUT2D eigenvalue weighted by molar-refractivity contribution is 7.22. The van der Waals surface area contributed by atoms with E-state index in [2.05, 4.69) is 10.3 Å². The average Bonchev–Trinajstić information content (AvgIpc) is 3.26. The van der Waals surface area contributed by atoms with Crippen LogP contribution in [0.15, 0.2) is 40.8 Å². The number of ether oxygens (including phenoxy) is 2. The number of hydrogen-bond donors (Lipinski definition) is 2. The summed E-state index contributed by atoms with van der Waals surface area (Å²) in [4.78, 5) is 29.0. The van der Waals surface area contributed by atoms with Crippen molar-refractivity contribution < 1.29 is 23.5 Å². The smallest absolute Gasteiger partial charge is 0.294 e. The molecule has 8 nitrogen and oxygen atoms in total. The number of hydrogen-bond acceptors (Lipinski definition) is 7. The molecule has 0 aliphatic carbocycles. The number of nitrogens with zero attached hydrogens (tertiary/aromatic N) is 1. The lowest BCUT2D eigenvalue weighted by Gasteiger charge is -2.05. The Morgan fingerprint density at radius 1 is 1.14 bits per heavy atom. The van der Waals surface area contributed by atoms with E-state index >= 15 is 0 Å². The van der Waals surface area contributed by atoms with Gasteiger partial charge in [0, 0.05) is 17.5 Å². The number of furan rings is 1. The second kappa shape index (κ2) is 6.86. The van der Waals surface area contributed by atoms with E-state index in [0.29, 0.717) is 33.1 Å². The lowest BCUT2D eigenvalue weighted by molar-refractivity contribution is 0.0963. The molecule has 4 rings (SSSR count). The van der Waals surface area contributed by atoms with Gasteiger partial charge in [0.25, 0.3) is 11.8 Å². The lowest BCUT2D eigenvalue weighted by atomic mass is 10.1. The fraction of sp³-hybridized carbons (Fsp3) is 0.105. The Kier molecular flexibility index (Phi) is 4.36. The van der Waals surface area contributed by atoms with Gasteiger partial charge in [-0.25, -0.2) is 4.98 Å². The number of anilines is 1. The summed E-state index contributed by atoms with van der Waals surface area (Å²) >= 11 is 1.25. The van der Waals surface area contributed by atoms with Gasteiger partial charge in [0.05, 0.1) is 30.0 Å². The van der Waals surface area contributed by atoms with Crippen LogP contribution in [0, 0.1) is 0 Å². The first-order valence-corrected chi connectivity index (χ1v) is 8.98. The third-order valence-corrected chi connectivity index (χ3v) is 5.10. The summed E-state index contributed by atoms with van der Waals surface area (Å²) < 4.78 is 16.9. The number of thiazole rings is 1. The maximum atomic E-state index is 12.7. The summed E-state index contributed by atoms with van der Waals surface area (Å²) in [6.07, 6.45) is 0. The molecule has 0 saturated heterocycles. The van der Waals surface area contributed by atoms with Crippen LogP contribution in [0.2, 0.25) is 0 Å². The van der Waals surface area contributed by atoms with Crippen LogP contribution in [0.25, 0.3) is 21.2 Å². The van der Waals surface area contributed by atoms with Crippen molar-refractivity contribution in [3.63, 3.8) is 0 Å². The zero-order valence-corrected chi connectivity index (χ0v) is 15.8. The monoisotopic (exact) mass is 397 g/mol. The van der Waals surface area contributed by atoms with Crippen molar-refractivity contribution in [2.45, 2.75) is 0 Å². The van der Waals surface area contributed by atoms with E-state index in [4.69, 9.17) is 19.6 Å². The number of nitrogens with two attached hydrogens (primary N) is 1. The molecule has 142 valence electrons. The minimum Gasteiger partial charge on any atom is -0.493 e. The number of carbonyl (C=O) groups excluding carboxylic acids is 2. The zero-order chi connectivity index (χ0) is 19.8. The van der Waals surface area contributed by atoms with Crippen molar-refractivity contribution in [2.75, 3.05) is 19.5 Å². The van der Waals surface area contributed by atoms with Gasteiger partial charge in [-0.1, -0.05) is 29.5 Å². The van der Waals surface area contributed by atoms with Crippen molar-refractivity contribution >= 4 is 49.5 Å². The third-order valence-electron chi connectivity index (χ3n) is 4.16. The van der Waals surface area contributed by atoms with Gasteiger partial charge in [-0.2, -0.15) is 0 Å². The first kappa shape index (κ1) is 17.8. The second-order valence-electron chi connectivity index (χ2n) is 5.81. The van der Waals surface area contributed by atoms with Crippen LogP contribution in [0.3, 0.4) is 0 Å². The Morgan fingerprint density at radius 3 is 2.57 bits per heavy atom. The summed E-state index contributed by atoms with van der Waals surface area (Å²) in [7, 11) is 3.08. The average molecular weight is 397 g/mol. The molecule has 28 heavy (non-hydrogen) atoms. The van der Waals surface area contributed by atoms with Gasteiger partial charge in [-0.15, -0.1) is 0 Å². The Hall–Kier alpha value is -3.59. The second-order valence-corrected chi connectivity index (χ2v) is 6.85. The van der Waals surface area contributed by atoms with E-state index < -0.39 is 11.8 Å². The Labute approximate surface area is 162 Å². The predicted octanol–water partition coefficient (Wildman–Crippen LogP) is 3.41. The molecule has 0 fully saturated rings. The SMILES string of the molecule is COc1cc2nc(NC(=O)c3oc4ccccc4c3C(N)=O)sc2cc1OC. The molecular weight excluding hydrogens is 382 g/mol. The van der Waals surface area contributed by atoms with Crippen LogP contribution in [-0.4, -0.2) is 31.0 Å². The molecular formula is C19H15N3O5S. The fourth-order valence-corrected chi connectivity index (χ4v) is 3.78. The molecule has 0 bridgehead atoms. The Morgan fingerprint density at radius 2 is 1.86 bits per heavy atom. The molecule has 4 aromatic rings. The topological polar surface area (TPSA) is 117 Å². The molecule has 0 aliphatic heterocycles. The van der Waals surface area contributed by atoms with E-state index in [9.17, 15) is 9.59 Å². The number of methoxy groups -OCH3 is 2. The number of rotatable bonds is 5. The molecule has 0 unspecified atom stereocenters. The number of fused-ring (bicyclic) bond motifs is 2. The van der Waals surface area contributed by atoms with Gasteiger partial charge < -0.3 is 19.6 Å². The number of para-hydroxylation sites is 1. The summed E-state index contributed by atoms with van der Waals surface area (Å²) in [6.45, 7) is 0. The molecule has 0 spiro atoms. The van der Waals surface area contributed by atoms with Crippen LogP contribution < -0.4 is 20.5 Å². The summed E-state index contributed by atoms with van der Waals surface area (Å²) in [5, 5.41) is 3.49. The maximum Gasteiger partial charge on any atom is 0.294 e. The van der Waals surface area contributed by atoms with Gasteiger partial charge in [-0.05, 0) is 6.07 Å². The van der Waals surface area contributed by atoms with Crippen LogP contribution >= 0.6 is 11.3 Å². The van der Waals surface area contributed by atoms with Crippen LogP contribution in [-0.2, 0) is 0 Å². The molecule has 0 radical (unpaired) electrons. The predicted molar refractivity (Wildman–Crippen MR) is 105 cm³/mol. The van der Waals surface area contributed by atoms with Gasteiger partial charge in [0.2, 0.25) is 5.76 Å². The maximum absolute atomic E-state index is 12.7. The van der Waals surface area contributed by atoms with Crippen molar-refractivity contribution in [1.82, 2.24) is 4.98 Å². The number of nitrogens with one attached hydrogen (secondary N) is 1. The highest BCUT2D eigenvalue weighted by Crippen LogP contribution is 2.36. The summed E-state index contributed by atoms with van der Waals surface area (Å²) in [6, 6.07) is 10.3. The molecule has 3 N–H and O–H groups in total. The first-order valence-electron chi connectivity index (χ1n) is 8.17. The quantitative estimate of drug-likeness (QED) is 0.533. The molecule has 0 aliphatic rings. The molecule has 2 heterocycles. The summed E-state index contributed by atoms with van der Waals surface area (Å²) in [5.41, 5.74) is 6.54. The number of benzene rings is 2. The third kappa shape index (κ3) is 2.91. The Bertz CT molecular complexity index is 1190. The fourth-order valence-electron chi connectivity index (χ4n) is 2.91. The molecule has 2 aromatic carbocycles. The molecule has 2 aromatic heterocycles. The lowest BCUT2D eigenvalue weighted by Crippen LogP contribution is -2.18. The van der Waals surface area contributed by atoms with E-state index in [-0.39, 0.29) is 11.3 Å². The van der Waals surface area contributed by atoms with E-state index in [1.54, 1.807) is 43.5 Å². The van der Waals surface area contributed by atoms with Gasteiger partial charge in [0.1, 0.15) is 5.58 Å². The van der Waals surface area contributed by atoms with Crippen LogP contribution in [0.5, 0.6) is 11.5 Å². The number of amides is 2. The van der Waals surface area contributed by atoms with E-state index in [1.807, 2.05) is 0 Å². The highest BCUT2D eigenvalue weighted by Gasteiger charge is 2.25. The van der Waals surface area contributed by atoms with Gasteiger partial charge >= 0.3 is 0 Å². The number of carbonyl (C=O) groups is 2. The van der Waals surface area contributed by atoms with Crippen molar-refractivity contribution in [1.29, 1.82) is 0 Å². The Balaban J connectivity index is 1.72. The number of aromatic nitrogens is 1. The molecule has 0 atom stereocenters. The van der Waals surface area contributed by atoms with Crippen molar-refractivity contribution in [3.05, 3.63) is 47.7 Å². The first-order chi connectivity index (χ1) is 13.5. The highest BCUT2D eigenvalue weighted by atomic mass is 32.1. The van der Waals surface area contributed by atoms with E-state index in [1.165, 1.54) is 18.4 Å². The molecule has 0 saturated carbocycles. The largest absolute Gasteiger partial charge is 0.493 e. The molecule has 2 amide bonds. The van der Waals surface area contributed by atoms with Gasteiger partial charge in [-0.3, -0.25) is 14.9 Å². The molecule has 9 heteroatoms.